The lowest BCUT2D eigenvalue weighted by atomic mass is 10.0. The van der Waals surface area contributed by atoms with Gasteiger partial charge in [-0.1, -0.05) is 29.8 Å². The number of nitrogens with one attached hydrogen (secondary N) is 2. The molecule has 2 aromatic heterocycles. The predicted molar refractivity (Wildman–Crippen MR) is 109 cm³/mol. The normalized spacial score (nSPS) is 12.3. The third-order valence-electron chi connectivity index (χ3n) is 4.79. The number of fused-ring (bicyclic) bond motifs is 1. The van der Waals surface area contributed by atoms with Crippen LogP contribution in [0.1, 0.15) is 11.3 Å². The molecule has 0 radical (unpaired) electrons. The molecule has 4 rings (SSSR count). The van der Waals surface area contributed by atoms with Crippen LogP contribution in [0, 0.1) is 5.82 Å². The van der Waals surface area contributed by atoms with E-state index in [2.05, 4.69) is 10.3 Å². The average molecular weight is 413 g/mol. The lowest BCUT2D eigenvalue weighted by Crippen LogP contribution is -2.37. The first-order valence-corrected chi connectivity index (χ1v) is 9.44. The highest BCUT2D eigenvalue weighted by Crippen LogP contribution is 2.26. The second kappa shape index (κ2) is 8.11. The van der Waals surface area contributed by atoms with E-state index < -0.39 is 17.8 Å². The molecule has 0 fully saturated rings. The van der Waals surface area contributed by atoms with Gasteiger partial charge in [0.1, 0.15) is 23.4 Å². The quantitative estimate of drug-likeness (QED) is 0.399. The molecule has 7 heteroatoms. The number of hydrogen-bond acceptors (Lipinski definition) is 3. The Kier molecular flexibility index (Phi) is 5.38. The first kappa shape index (κ1) is 19.2. The number of hydrogen-bond donors (Lipinski definition) is 3. The molecule has 0 aliphatic heterocycles. The van der Waals surface area contributed by atoms with E-state index >= 15 is 0 Å². The molecular weight excluding hydrogens is 395 g/mol. The van der Waals surface area contributed by atoms with E-state index in [0.717, 1.165) is 16.5 Å². The SMILES string of the molecule is O=C(O)[C@H](Cc1c[nH]c2ccccc12)NCc1ccc(-c2ccc(F)c(Cl)c2)o1. The summed E-state index contributed by atoms with van der Waals surface area (Å²) in [5, 5.41) is 13.7. The van der Waals surface area contributed by atoms with E-state index in [9.17, 15) is 14.3 Å². The van der Waals surface area contributed by atoms with E-state index in [-0.39, 0.29) is 11.6 Å². The molecule has 2 heterocycles. The Balaban J connectivity index is 1.45. The van der Waals surface area contributed by atoms with Gasteiger partial charge in [0, 0.05) is 29.1 Å². The average Bonchev–Trinajstić information content (AvgIpc) is 3.34. The van der Waals surface area contributed by atoms with E-state index in [0.29, 0.717) is 23.5 Å². The number of rotatable bonds is 7. The first-order valence-electron chi connectivity index (χ1n) is 9.06. The van der Waals surface area contributed by atoms with Gasteiger partial charge < -0.3 is 14.5 Å². The molecule has 0 bridgehead atoms. The van der Waals surface area contributed by atoms with Gasteiger partial charge in [0.25, 0.3) is 0 Å². The summed E-state index contributed by atoms with van der Waals surface area (Å²) in [7, 11) is 0. The fourth-order valence-electron chi connectivity index (χ4n) is 3.27. The highest BCUT2D eigenvalue weighted by Gasteiger charge is 2.20. The van der Waals surface area contributed by atoms with Crippen molar-refractivity contribution in [3.05, 3.63) is 83.0 Å². The fourth-order valence-corrected chi connectivity index (χ4v) is 3.45. The summed E-state index contributed by atoms with van der Waals surface area (Å²) in [6.07, 6.45) is 2.17. The molecule has 3 N–H and O–H groups in total. The van der Waals surface area contributed by atoms with Gasteiger partial charge in [0.2, 0.25) is 0 Å². The van der Waals surface area contributed by atoms with Crippen LogP contribution in [0.2, 0.25) is 5.02 Å². The standard InChI is InChI=1S/C22H18ClFN2O3/c23-17-9-13(5-7-18(17)24)21-8-6-15(29-21)12-26-20(22(27)28)10-14-11-25-19-4-2-1-3-16(14)19/h1-9,11,20,25-26H,10,12H2,(H,27,28)/t20-/m0/s1. The van der Waals surface area contributed by atoms with E-state index in [4.69, 9.17) is 16.0 Å². The van der Waals surface area contributed by atoms with Gasteiger partial charge in [0.15, 0.2) is 0 Å². The molecule has 4 aromatic rings. The van der Waals surface area contributed by atoms with E-state index in [1.54, 1.807) is 18.2 Å². The van der Waals surface area contributed by atoms with E-state index in [1.165, 1.54) is 12.1 Å². The summed E-state index contributed by atoms with van der Waals surface area (Å²) in [6.45, 7) is 0.244. The number of benzene rings is 2. The number of aromatic amines is 1. The van der Waals surface area contributed by atoms with Crippen molar-refractivity contribution >= 4 is 28.5 Å². The number of H-pyrrole nitrogens is 1. The van der Waals surface area contributed by atoms with Crippen LogP contribution in [-0.2, 0) is 17.8 Å². The molecule has 2 aromatic carbocycles. The highest BCUT2D eigenvalue weighted by atomic mass is 35.5. The first-order chi connectivity index (χ1) is 14.0. The third kappa shape index (κ3) is 4.18. The molecule has 0 amide bonds. The summed E-state index contributed by atoms with van der Waals surface area (Å²) in [5.41, 5.74) is 2.55. The van der Waals surface area contributed by atoms with Gasteiger partial charge in [-0.15, -0.1) is 0 Å². The maximum absolute atomic E-state index is 13.3. The van der Waals surface area contributed by atoms with Crippen molar-refractivity contribution < 1.29 is 18.7 Å². The number of para-hydroxylation sites is 1. The fraction of sp³-hybridized carbons (Fsp3) is 0.136. The molecule has 5 nitrogen and oxygen atoms in total. The molecule has 0 saturated heterocycles. The molecule has 1 atom stereocenters. The smallest absolute Gasteiger partial charge is 0.321 e. The second-order valence-electron chi connectivity index (χ2n) is 6.73. The summed E-state index contributed by atoms with van der Waals surface area (Å²) in [5.74, 6) is -0.323. The molecule has 148 valence electrons. The molecule has 0 saturated carbocycles. The maximum atomic E-state index is 13.3. The molecule has 0 spiro atoms. The topological polar surface area (TPSA) is 78.3 Å². The number of carboxylic acid groups (broad SMARTS) is 1. The van der Waals surface area contributed by atoms with Gasteiger partial charge in [-0.05, 0) is 42.0 Å². The van der Waals surface area contributed by atoms with Crippen LogP contribution in [0.3, 0.4) is 0 Å². The monoisotopic (exact) mass is 412 g/mol. The summed E-state index contributed by atoms with van der Waals surface area (Å²) >= 11 is 5.82. The Morgan fingerprint density at radius 3 is 2.83 bits per heavy atom. The Bertz CT molecular complexity index is 1170. The molecule has 0 unspecified atom stereocenters. The van der Waals surface area contributed by atoms with Crippen LogP contribution in [0.25, 0.3) is 22.2 Å². The molecule has 0 aliphatic carbocycles. The number of carbonyl (C=O) groups is 1. The number of aromatic nitrogens is 1. The minimum atomic E-state index is -0.938. The van der Waals surface area contributed by atoms with Crippen LogP contribution in [0.15, 0.2) is 65.2 Å². The third-order valence-corrected chi connectivity index (χ3v) is 5.08. The lowest BCUT2D eigenvalue weighted by molar-refractivity contribution is -0.139. The number of aliphatic carboxylic acids is 1. The molecule has 29 heavy (non-hydrogen) atoms. The van der Waals surface area contributed by atoms with Crippen molar-refractivity contribution in [2.45, 2.75) is 19.0 Å². The van der Waals surface area contributed by atoms with Crippen molar-refractivity contribution in [3.8, 4) is 11.3 Å². The van der Waals surface area contributed by atoms with Crippen LogP contribution in [-0.4, -0.2) is 22.1 Å². The van der Waals surface area contributed by atoms with Crippen LogP contribution >= 0.6 is 11.6 Å². The van der Waals surface area contributed by atoms with Crippen molar-refractivity contribution in [1.82, 2.24) is 10.3 Å². The van der Waals surface area contributed by atoms with Gasteiger partial charge in [-0.2, -0.15) is 0 Å². The largest absolute Gasteiger partial charge is 0.480 e. The number of carboxylic acids is 1. The zero-order chi connectivity index (χ0) is 20.4. The minimum Gasteiger partial charge on any atom is -0.480 e. The van der Waals surface area contributed by atoms with Gasteiger partial charge in [0.05, 0.1) is 11.6 Å². The zero-order valence-electron chi connectivity index (χ0n) is 15.3. The summed E-state index contributed by atoms with van der Waals surface area (Å²) < 4.78 is 19.1. The Morgan fingerprint density at radius 1 is 1.21 bits per heavy atom. The Morgan fingerprint density at radius 2 is 2.03 bits per heavy atom. The van der Waals surface area contributed by atoms with Crippen molar-refractivity contribution in [1.29, 1.82) is 0 Å². The minimum absolute atomic E-state index is 0.0169. The van der Waals surface area contributed by atoms with Crippen LogP contribution in [0.5, 0.6) is 0 Å². The van der Waals surface area contributed by atoms with Crippen molar-refractivity contribution in [3.63, 3.8) is 0 Å². The van der Waals surface area contributed by atoms with Gasteiger partial charge in [-0.25, -0.2) is 4.39 Å². The van der Waals surface area contributed by atoms with Gasteiger partial charge >= 0.3 is 5.97 Å². The molecular formula is C22H18ClFN2O3. The summed E-state index contributed by atoms with van der Waals surface area (Å²) in [4.78, 5) is 14.9. The van der Waals surface area contributed by atoms with Crippen molar-refractivity contribution in [2.24, 2.45) is 0 Å². The number of furan rings is 1. The van der Waals surface area contributed by atoms with E-state index in [1.807, 2.05) is 30.5 Å². The molecule has 0 aliphatic rings. The zero-order valence-corrected chi connectivity index (χ0v) is 16.0. The maximum Gasteiger partial charge on any atom is 0.321 e. The highest BCUT2D eigenvalue weighted by molar-refractivity contribution is 6.31. The lowest BCUT2D eigenvalue weighted by Gasteiger charge is -2.13. The predicted octanol–water partition coefficient (Wildman–Crippen LogP) is 5.01. The second-order valence-corrected chi connectivity index (χ2v) is 7.14. The number of halogens is 2. The summed E-state index contributed by atoms with van der Waals surface area (Å²) in [6, 6.07) is 14.8. The van der Waals surface area contributed by atoms with Crippen LogP contribution < -0.4 is 5.32 Å². The Hall–Kier alpha value is -3.09. The van der Waals surface area contributed by atoms with Crippen LogP contribution in [0.4, 0.5) is 4.39 Å². The Labute approximate surface area is 171 Å². The van der Waals surface area contributed by atoms with Crippen molar-refractivity contribution in [2.75, 3.05) is 0 Å². The van der Waals surface area contributed by atoms with Gasteiger partial charge in [-0.3, -0.25) is 10.1 Å².